The Morgan fingerprint density at radius 1 is 1.57 bits per heavy atom. The summed E-state index contributed by atoms with van der Waals surface area (Å²) in [7, 11) is 0. The van der Waals surface area contributed by atoms with Crippen LogP contribution in [-0.2, 0) is 6.54 Å². The van der Waals surface area contributed by atoms with Crippen molar-refractivity contribution in [3.63, 3.8) is 0 Å². The summed E-state index contributed by atoms with van der Waals surface area (Å²) in [6.45, 7) is 1.21. The summed E-state index contributed by atoms with van der Waals surface area (Å²) in [4.78, 5) is 15.0. The quantitative estimate of drug-likeness (QED) is 0.737. The number of hydrogen-bond donors (Lipinski definition) is 1. The molecule has 2 heterocycles. The molecule has 1 N–H and O–H groups in total. The van der Waals surface area contributed by atoms with Crippen LogP contribution in [0.3, 0.4) is 0 Å². The second kappa shape index (κ2) is 3.36. The fourth-order valence-electron chi connectivity index (χ4n) is 1.42. The third-order valence-corrected chi connectivity index (χ3v) is 2.09. The van der Waals surface area contributed by atoms with Gasteiger partial charge >= 0.3 is 0 Å². The van der Waals surface area contributed by atoms with Gasteiger partial charge in [0.1, 0.15) is 5.69 Å². The van der Waals surface area contributed by atoms with Crippen LogP contribution in [0.15, 0.2) is 10.9 Å². The number of aromatic nitrogens is 2. The lowest BCUT2D eigenvalue weighted by Crippen LogP contribution is -2.30. The van der Waals surface area contributed by atoms with Crippen molar-refractivity contribution in [2.75, 3.05) is 11.9 Å². The summed E-state index contributed by atoms with van der Waals surface area (Å²) in [5.74, 6) is 0.249. The van der Waals surface area contributed by atoms with Gasteiger partial charge in [0, 0.05) is 19.2 Å². The van der Waals surface area contributed by atoms with Crippen molar-refractivity contribution >= 4 is 5.95 Å². The Morgan fingerprint density at radius 2 is 2.36 bits per heavy atom. The molecule has 0 radical (unpaired) electrons. The maximum atomic E-state index is 12.3. The van der Waals surface area contributed by atoms with Crippen molar-refractivity contribution < 1.29 is 8.78 Å². The molecule has 1 aliphatic rings. The summed E-state index contributed by atoms with van der Waals surface area (Å²) in [6, 6.07) is 0.890. The molecule has 0 aromatic carbocycles. The van der Waals surface area contributed by atoms with E-state index >= 15 is 0 Å². The van der Waals surface area contributed by atoms with Gasteiger partial charge in [0.05, 0.1) is 0 Å². The molecule has 0 bridgehead atoms. The summed E-state index contributed by atoms with van der Waals surface area (Å²) in [5.41, 5.74) is -0.881. The van der Waals surface area contributed by atoms with E-state index in [1.807, 2.05) is 0 Å². The molecule has 0 saturated carbocycles. The van der Waals surface area contributed by atoms with Crippen LogP contribution in [0.4, 0.5) is 14.7 Å². The van der Waals surface area contributed by atoms with E-state index in [2.05, 4.69) is 10.3 Å². The molecular formula is C8H9F2N3O. The largest absolute Gasteiger partial charge is 0.355 e. The average Bonchev–Trinajstić information content (AvgIpc) is 2.17. The summed E-state index contributed by atoms with van der Waals surface area (Å²) >= 11 is 0. The van der Waals surface area contributed by atoms with E-state index in [1.54, 1.807) is 0 Å². The van der Waals surface area contributed by atoms with Crippen molar-refractivity contribution in [2.24, 2.45) is 0 Å². The predicted molar refractivity (Wildman–Crippen MR) is 46.6 cm³/mol. The second-order valence-electron chi connectivity index (χ2n) is 3.08. The highest BCUT2D eigenvalue weighted by Gasteiger charge is 2.16. The van der Waals surface area contributed by atoms with Gasteiger partial charge in [-0.2, -0.15) is 0 Å². The van der Waals surface area contributed by atoms with Crippen LogP contribution in [0.25, 0.3) is 0 Å². The van der Waals surface area contributed by atoms with Gasteiger partial charge in [-0.15, -0.1) is 0 Å². The highest BCUT2D eigenvalue weighted by molar-refractivity contribution is 5.29. The Bertz CT molecular complexity index is 402. The lowest BCUT2D eigenvalue weighted by Gasteiger charge is -2.18. The number of alkyl halides is 2. The lowest BCUT2D eigenvalue weighted by molar-refractivity contribution is 0.145. The monoisotopic (exact) mass is 201 g/mol. The second-order valence-corrected chi connectivity index (χ2v) is 3.08. The van der Waals surface area contributed by atoms with Crippen LogP contribution in [0.1, 0.15) is 18.5 Å². The standard InChI is InChI=1S/C8H9F2N3O/c9-7(10)5-4-6(14)13-3-1-2-11-8(13)12-5/h4,7H,1-3H2,(H,11,12). The van der Waals surface area contributed by atoms with Crippen molar-refractivity contribution in [3.8, 4) is 0 Å². The van der Waals surface area contributed by atoms with Crippen LogP contribution in [0.5, 0.6) is 0 Å². The van der Waals surface area contributed by atoms with Gasteiger partial charge < -0.3 is 5.32 Å². The van der Waals surface area contributed by atoms with Crippen LogP contribution < -0.4 is 10.9 Å². The molecular weight excluding hydrogens is 192 g/mol. The minimum Gasteiger partial charge on any atom is -0.355 e. The molecule has 0 unspecified atom stereocenters. The van der Waals surface area contributed by atoms with Crippen LogP contribution >= 0.6 is 0 Å². The number of hydrogen-bond acceptors (Lipinski definition) is 3. The first-order chi connectivity index (χ1) is 6.68. The van der Waals surface area contributed by atoms with E-state index in [0.717, 1.165) is 12.5 Å². The molecule has 0 atom stereocenters. The number of nitrogens with zero attached hydrogens (tertiary/aromatic N) is 2. The number of halogens is 2. The highest BCUT2D eigenvalue weighted by Crippen LogP contribution is 2.17. The number of fused-ring (bicyclic) bond motifs is 1. The molecule has 4 nitrogen and oxygen atoms in total. The number of nitrogens with one attached hydrogen (secondary N) is 1. The van der Waals surface area contributed by atoms with E-state index < -0.39 is 17.7 Å². The van der Waals surface area contributed by atoms with Crippen molar-refractivity contribution in [2.45, 2.75) is 19.4 Å². The van der Waals surface area contributed by atoms with E-state index in [4.69, 9.17) is 0 Å². The zero-order valence-corrected chi connectivity index (χ0v) is 7.33. The maximum Gasteiger partial charge on any atom is 0.280 e. The van der Waals surface area contributed by atoms with Gasteiger partial charge in [0.25, 0.3) is 12.0 Å². The molecule has 0 aliphatic carbocycles. The Balaban J connectivity index is 2.52. The van der Waals surface area contributed by atoms with Crippen molar-refractivity contribution in [1.82, 2.24) is 9.55 Å². The fraction of sp³-hybridized carbons (Fsp3) is 0.500. The van der Waals surface area contributed by atoms with Gasteiger partial charge in [-0.3, -0.25) is 9.36 Å². The maximum absolute atomic E-state index is 12.3. The zero-order valence-electron chi connectivity index (χ0n) is 7.33. The van der Waals surface area contributed by atoms with E-state index in [1.165, 1.54) is 4.57 Å². The number of anilines is 1. The lowest BCUT2D eigenvalue weighted by atomic mass is 10.3. The topological polar surface area (TPSA) is 46.9 Å². The van der Waals surface area contributed by atoms with E-state index in [0.29, 0.717) is 13.1 Å². The van der Waals surface area contributed by atoms with E-state index in [9.17, 15) is 13.6 Å². The molecule has 0 amide bonds. The molecule has 2 rings (SSSR count). The summed E-state index contributed by atoms with van der Waals surface area (Å²) in [5, 5.41) is 2.82. The van der Waals surface area contributed by atoms with Crippen molar-refractivity contribution in [1.29, 1.82) is 0 Å². The smallest absolute Gasteiger partial charge is 0.280 e. The molecule has 1 aromatic rings. The van der Waals surface area contributed by atoms with Gasteiger partial charge in [0.15, 0.2) is 0 Å². The molecule has 6 heteroatoms. The van der Waals surface area contributed by atoms with Crippen molar-refractivity contribution in [3.05, 3.63) is 22.1 Å². The molecule has 0 fully saturated rings. The Hall–Kier alpha value is -1.46. The van der Waals surface area contributed by atoms with Gasteiger partial charge in [0.2, 0.25) is 5.95 Å². The Kier molecular flexibility index (Phi) is 2.18. The molecule has 0 saturated heterocycles. The molecule has 1 aliphatic heterocycles. The number of rotatable bonds is 1. The van der Waals surface area contributed by atoms with Gasteiger partial charge in [-0.25, -0.2) is 13.8 Å². The first kappa shape index (κ1) is 9.11. The first-order valence-electron chi connectivity index (χ1n) is 4.32. The van der Waals surface area contributed by atoms with Crippen LogP contribution in [0, 0.1) is 0 Å². The molecule has 14 heavy (non-hydrogen) atoms. The van der Waals surface area contributed by atoms with E-state index in [-0.39, 0.29) is 5.95 Å². The summed E-state index contributed by atoms with van der Waals surface area (Å²) < 4.78 is 25.9. The fourth-order valence-corrected chi connectivity index (χ4v) is 1.42. The molecule has 1 aromatic heterocycles. The third-order valence-electron chi connectivity index (χ3n) is 2.09. The Labute approximate surface area is 78.6 Å². The highest BCUT2D eigenvalue weighted by atomic mass is 19.3. The Morgan fingerprint density at radius 3 is 3.07 bits per heavy atom. The van der Waals surface area contributed by atoms with Crippen LogP contribution in [-0.4, -0.2) is 16.1 Å². The third kappa shape index (κ3) is 1.47. The SMILES string of the molecule is O=c1cc(C(F)F)nc2n1CCCN2. The first-order valence-corrected chi connectivity index (χ1v) is 4.32. The summed E-state index contributed by atoms with van der Waals surface area (Å²) in [6.07, 6.45) is -1.89. The van der Waals surface area contributed by atoms with Gasteiger partial charge in [-0.05, 0) is 6.42 Å². The minimum absolute atomic E-state index is 0.249. The zero-order chi connectivity index (χ0) is 10.1. The van der Waals surface area contributed by atoms with Gasteiger partial charge in [-0.1, -0.05) is 0 Å². The predicted octanol–water partition coefficient (Wildman–Crippen LogP) is 0.996. The minimum atomic E-state index is -2.70. The van der Waals surface area contributed by atoms with Crippen LogP contribution in [0.2, 0.25) is 0 Å². The molecule has 76 valence electrons. The average molecular weight is 201 g/mol. The molecule has 0 spiro atoms. The normalized spacial score (nSPS) is 15.1.